The van der Waals surface area contributed by atoms with Crippen molar-refractivity contribution in [2.75, 3.05) is 0 Å². The Morgan fingerprint density at radius 3 is 2.69 bits per heavy atom. The van der Waals surface area contributed by atoms with Crippen LogP contribution < -0.4 is 0 Å². The fraction of sp³-hybridized carbons (Fsp3) is 0. The van der Waals surface area contributed by atoms with E-state index in [1.807, 2.05) is 48.8 Å². The van der Waals surface area contributed by atoms with Gasteiger partial charge < -0.3 is 0 Å². The topological polar surface area (TPSA) is 52.0 Å². The van der Waals surface area contributed by atoms with Crippen LogP contribution >= 0.6 is 0 Å². The number of pyridine rings is 1. The monoisotopic (exact) mass is 508 g/mol. The first-order chi connectivity index (χ1) is 14.2. The van der Waals surface area contributed by atoms with Gasteiger partial charge in [0.15, 0.2) is 0 Å². The van der Waals surface area contributed by atoms with Crippen molar-refractivity contribution in [2.24, 2.45) is 0 Å². The summed E-state index contributed by atoms with van der Waals surface area (Å²) in [5.41, 5.74) is 2.52. The zero-order valence-corrected chi connectivity index (χ0v) is 18.4. The van der Waals surface area contributed by atoms with Crippen LogP contribution in [0.15, 0.2) is 71.6 Å². The second-order valence-corrected chi connectivity index (χ2v) is 11.2. The van der Waals surface area contributed by atoms with Crippen molar-refractivity contribution in [3.63, 3.8) is 0 Å². The molecule has 6 rings (SSSR count). The van der Waals surface area contributed by atoms with E-state index in [1.54, 1.807) is 12.3 Å². The van der Waals surface area contributed by atoms with Crippen molar-refractivity contribution >= 4 is 67.2 Å². The summed E-state index contributed by atoms with van der Waals surface area (Å²) in [5, 5.41) is 2.17. The molecular formula is C23H12N2O2Se2. The van der Waals surface area contributed by atoms with Gasteiger partial charge in [0.1, 0.15) is 0 Å². The zero-order valence-electron chi connectivity index (χ0n) is 15.0. The van der Waals surface area contributed by atoms with Crippen molar-refractivity contribution in [2.45, 2.75) is 0 Å². The van der Waals surface area contributed by atoms with Crippen LogP contribution in [0.4, 0.5) is 0 Å². The molecule has 5 aromatic rings. The second-order valence-electron chi connectivity index (χ2n) is 6.87. The van der Waals surface area contributed by atoms with Crippen molar-refractivity contribution in [3.8, 4) is 4.56 Å². The summed E-state index contributed by atoms with van der Waals surface area (Å²) in [4.78, 5) is 32.1. The van der Waals surface area contributed by atoms with Crippen LogP contribution in [0.2, 0.25) is 0 Å². The van der Waals surface area contributed by atoms with Gasteiger partial charge in [0.2, 0.25) is 0 Å². The Balaban J connectivity index is 1.41. The number of aromatic nitrogens is 2. The molecule has 1 aliphatic rings. The van der Waals surface area contributed by atoms with Crippen LogP contribution in [0, 0.1) is 0 Å². The van der Waals surface area contributed by atoms with Crippen LogP contribution in [-0.2, 0) is 0 Å². The summed E-state index contributed by atoms with van der Waals surface area (Å²) in [7, 11) is 0. The summed E-state index contributed by atoms with van der Waals surface area (Å²) >= 11 is 0.274. The first kappa shape index (κ1) is 17.1. The Morgan fingerprint density at radius 2 is 1.79 bits per heavy atom. The van der Waals surface area contributed by atoms with E-state index in [2.05, 4.69) is 20.6 Å². The average Bonchev–Trinajstić information content (AvgIpc) is 3.50. The van der Waals surface area contributed by atoms with Crippen LogP contribution in [0.25, 0.3) is 31.2 Å². The summed E-state index contributed by atoms with van der Waals surface area (Å²) < 4.78 is 5.55. The Labute approximate surface area is 177 Å². The third-order valence-corrected chi connectivity index (χ3v) is 9.21. The number of nitrogens with zero attached hydrogens (tertiary/aromatic N) is 2. The maximum absolute atomic E-state index is 12.9. The van der Waals surface area contributed by atoms with Gasteiger partial charge >= 0.3 is 178 Å². The van der Waals surface area contributed by atoms with Gasteiger partial charge in [-0.3, -0.25) is 0 Å². The average molecular weight is 506 g/mol. The van der Waals surface area contributed by atoms with E-state index < -0.39 is 0 Å². The summed E-state index contributed by atoms with van der Waals surface area (Å²) in [6.07, 6.45) is 7.49. The molecule has 0 unspecified atom stereocenters. The van der Waals surface area contributed by atoms with Crippen LogP contribution in [-0.4, -0.2) is 50.1 Å². The number of ketones is 2. The van der Waals surface area contributed by atoms with E-state index in [0.29, 0.717) is 16.7 Å². The van der Waals surface area contributed by atoms with Crippen molar-refractivity contribution in [1.82, 2.24) is 9.55 Å². The predicted molar refractivity (Wildman–Crippen MR) is 116 cm³/mol. The van der Waals surface area contributed by atoms with E-state index in [1.165, 1.54) is 8.82 Å². The van der Waals surface area contributed by atoms with Gasteiger partial charge in [-0.05, 0) is 0 Å². The molecule has 29 heavy (non-hydrogen) atoms. The molecule has 0 spiro atoms. The maximum atomic E-state index is 12.9. The molecule has 0 fully saturated rings. The summed E-state index contributed by atoms with van der Waals surface area (Å²) in [6.45, 7) is 0. The van der Waals surface area contributed by atoms with Gasteiger partial charge in [0.25, 0.3) is 0 Å². The van der Waals surface area contributed by atoms with E-state index in [9.17, 15) is 9.59 Å². The Bertz CT molecular complexity index is 1450. The van der Waals surface area contributed by atoms with Gasteiger partial charge in [-0.25, -0.2) is 0 Å². The second kappa shape index (κ2) is 6.38. The molecule has 0 atom stereocenters. The van der Waals surface area contributed by atoms with Crippen molar-refractivity contribution in [1.29, 1.82) is 0 Å². The number of carbonyl (C=O) groups excluding carboxylic acids is 2. The summed E-state index contributed by atoms with van der Waals surface area (Å²) in [5.74, 6) is -0.290. The van der Waals surface area contributed by atoms with Crippen LogP contribution in [0.3, 0.4) is 0 Å². The van der Waals surface area contributed by atoms with E-state index in [4.69, 9.17) is 0 Å². The molecule has 0 saturated heterocycles. The molecule has 0 amide bonds. The first-order valence-electron chi connectivity index (χ1n) is 9.03. The number of hydrogen-bond acceptors (Lipinski definition) is 3. The zero-order chi connectivity index (χ0) is 19.5. The molecule has 1 aromatic carbocycles. The summed E-state index contributed by atoms with van der Waals surface area (Å²) in [6, 6.07) is 14.0. The number of hydrogen-bond donors (Lipinski definition) is 0. The minimum absolute atomic E-state index is 0.0190. The van der Waals surface area contributed by atoms with Gasteiger partial charge in [0.05, 0.1) is 0 Å². The molecule has 4 nitrogen and oxygen atoms in total. The minimum atomic E-state index is -0.150. The van der Waals surface area contributed by atoms with Crippen LogP contribution in [0.1, 0.15) is 25.2 Å². The number of rotatable bonds is 2. The van der Waals surface area contributed by atoms with Crippen LogP contribution in [0.5, 0.6) is 0 Å². The van der Waals surface area contributed by atoms with E-state index in [0.717, 1.165) is 20.7 Å². The fourth-order valence-corrected chi connectivity index (χ4v) is 7.46. The molecule has 0 radical (unpaired) electrons. The van der Waals surface area contributed by atoms with Gasteiger partial charge in [-0.15, -0.1) is 0 Å². The van der Waals surface area contributed by atoms with Gasteiger partial charge in [0, 0.05) is 0 Å². The molecule has 0 N–H and O–H groups in total. The quantitative estimate of drug-likeness (QED) is 0.208. The van der Waals surface area contributed by atoms with E-state index in [-0.39, 0.29) is 40.6 Å². The number of Topliss-reactive ketones (excluding diaryl/α,β-unsaturated/α-hetero) is 2. The Morgan fingerprint density at radius 1 is 0.931 bits per heavy atom. The molecule has 4 aromatic heterocycles. The van der Waals surface area contributed by atoms with Crippen molar-refractivity contribution in [3.05, 3.63) is 87.1 Å². The van der Waals surface area contributed by atoms with Gasteiger partial charge in [-0.2, -0.15) is 0 Å². The molecule has 6 heteroatoms. The molecule has 1 aliphatic carbocycles. The molecular weight excluding hydrogens is 494 g/mol. The third kappa shape index (κ3) is 2.61. The Kier molecular flexibility index (Phi) is 3.77. The third-order valence-electron chi connectivity index (χ3n) is 5.20. The van der Waals surface area contributed by atoms with Crippen molar-refractivity contribution < 1.29 is 9.59 Å². The van der Waals surface area contributed by atoms with E-state index >= 15 is 0 Å². The molecule has 0 aliphatic heterocycles. The standard InChI is InChI=1S/C23H12N2O2Se2/c26-22-16-9-13-5-8-28-20(13)11-17(16)23(27)18(22)10-15-1-2-21(29-15)25-7-4-14-12-24-6-3-19(14)25/h1-12H/b18-10-. The number of fused-ring (bicyclic) bond motifs is 3. The Hall–Kier alpha value is -2.75. The van der Waals surface area contributed by atoms with Gasteiger partial charge in [-0.1, -0.05) is 0 Å². The molecule has 0 saturated carbocycles. The SMILES string of the molecule is O=C1/C(=C/c2ccc(-n3ccc4cnccc43)[se]2)C(=O)c2cc3[se]ccc3cc21. The first-order valence-corrected chi connectivity index (χ1v) is 12.6. The fourth-order valence-electron chi connectivity index (χ4n) is 3.78. The molecule has 138 valence electrons. The molecule has 0 bridgehead atoms. The number of carbonyl (C=O) groups is 2. The normalized spacial score (nSPS) is 15.1. The molecule has 4 heterocycles. The number of allylic oxidation sites excluding steroid dienone is 1. The predicted octanol–water partition coefficient (Wildman–Crippen LogP) is 3.76. The number of benzene rings is 1.